The number of aromatic nitrogens is 1. The van der Waals surface area contributed by atoms with Crippen molar-refractivity contribution in [3.63, 3.8) is 0 Å². The zero-order valence-corrected chi connectivity index (χ0v) is 9.63. The fourth-order valence-electron chi connectivity index (χ4n) is 1.48. The quantitative estimate of drug-likeness (QED) is 0.776. The molecule has 0 saturated carbocycles. The minimum atomic E-state index is 0.821. The van der Waals surface area contributed by atoms with Gasteiger partial charge < -0.3 is 4.74 Å². The smallest absolute Gasteiger partial charge is 0.145 e. The predicted octanol–water partition coefficient (Wildman–Crippen LogP) is 3.31. The first kappa shape index (κ1) is 9.46. The van der Waals surface area contributed by atoms with Crippen molar-refractivity contribution < 1.29 is 4.74 Å². The second kappa shape index (κ2) is 3.58. The van der Waals surface area contributed by atoms with Crippen molar-refractivity contribution >= 4 is 26.8 Å². The standard InChI is InChI=1S/C11H10BrNO/c1-7-5-8-9(12)3-4-13-11(8)10(6-7)14-2/h3-6H,1-2H3. The molecule has 14 heavy (non-hydrogen) atoms. The number of nitrogens with zero attached hydrogens (tertiary/aromatic N) is 1. The Hall–Kier alpha value is -1.09. The molecular formula is C11H10BrNO. The van der Waals surface area contributed by atoms with Crippen LogP contribution in [0.1, 0.15) is 5.56 Å². The molecule has 2 rings (SSSR count). The van der Waals surface area contributed by atoms with Crippen LogP contribution >= 0.6 is 15.9 Å². The molecule has 0 bridgehead atoms. The molecular weight excluding hydrogens is 242 g/mol. The Balaban J connectivity index is 2.87. The van der Waals surface area contributed by atoms with Crippen molar-refractivity contribution in [2.75, 3.05) is 7.11 Å². The summed E-state index contributed by atoms with van der Waals surface area (Å²) >= 11 is 3.50. The van der Waals surface area contributed by atoms with E-state index in [2.05, 4.69) is 27.0 Å². The lowest BCUT2D eigenvalue weighted by atomic mass is 10.1. The van der Waals surface area contributed by atoms with Crippen LogP contribution < -0.4 is 4.74 Å². The van der Waals surface area contributed by atoms with Crippen LogP contribution in [0.25, 0.3) is 10.9 Å². The number of halogens is 1. The predicted molar refractivity (Wildman–Crippen MR) is 60.7 cm³/mol. The van der Waals surface area contributed by atoms with Crippen LogP contribution in [0.3, 0.4) is 0 Å². The van der Waals surface area contributed by atoms with E-state index in [1.807, 2.05) is 19.1 Å². The summed E-state index contributed by atoms with van der Waals surface area (Å²) < 4.78 is 6.33. The van der Waals surface area contributed by atoms with Gasteiger partial charge in [0.05, 0.1) is 7.11 Å². The second-order valence-electron chi connectivity index (χ2n) is 3.16. The van der Waals surface area contributed by atoms with Crippen LogP contribution in [0.2, 0.25) is 0 Å². The maximum atomic E-state index is 5.28. The molecule has 0 radical (unpaired) electrons. The molecule has 0 aliphatic carbocycles. The summed E-state index contributed by atoms with van der Waals surface area (Å²) in [5, 5.41) is 1.09. The summed E-state index contributed by atoms with van der Waals surface area (Å²) in [5.41, 5.74) is 2.07. The first-order chi connectivity index (χ1) is 6.72. The average Bonchev–Trinajstić information content (AvgIpc) is 2.18. The Morgan fingerprint density at radius 1 is 1.36 bits per heavy atom. The Labute approximate surface area is 91.0 Å². The minimum Gasteiger partial charge on any atom is -0.494 e. The summed E-state index contributed by atoms with van der Waals surface area (Å²) in [5.74, 6) is 0.821. The summed E-state index contributed by atoms with van der Waals surface area (Å²) in [6.45, 7) is 2.04. The van der Waals surface area contributed by atoms with Gasteiger partial charge in [-0.05, 0) is 30.7 Å². The van der Waals surface area contributed by atoms with Crippen LogP contribution in [0.4, 0.5) is 0 Å². The molecule has 3 heteroatoms. The first-order valence-electron chi connectivity index (χ1n) is 4.31. The molecule has 0 spiro atoms. The normalized spacial score (nSPS) is 10.5. The van der Waals surface area contributed by atoms with E-state index in [0.717, 1.165) is 21.1 Å². The molecule has 1 heterocycles. The van der Waals surface area contributed by atoms with Crippen LogP contribution in [0.15, 0.2) is 28.9 Å². The minimum absolute atomic E-state index is 0.821. The van der Waals surface area contributed by atoms with Crippen molar-refractivity contribution in [3.05, 3.63) is 34.4 Å². The van der Waals surface area contributed by atoms with Crippen LogP contribution in [-0.4, -0.2) is 12.1 Å². The van der Waals surface area contributed by atoms with Crippen LogP contribution in [-0.2, 0) is 0 Å². The molecule has 1 aromatic carbocycles. The lowest BCUT2D eigenvalue weighted by Gasteiger charge is -2.06. The van der Waals surface area contributed by atoms with Gasteiger partial charge in [0.25, 0.3) is 0 Å². The van der Waals surface area contributed by atoms with Crippen molar-refractivity contribution in [2.45, 2.75) is 6.92 Å². The molecule has 0 atom stereocenters. The number of benzene rings is 1. The van der Waals surface area contributed by atoms with Gasteiger partial charge in [-0.3, -0.25) is 4.98 Å². The monoisotopic (exact) mass is 251 g/mol. The number of hydrogen-bond donors (Lipinski definition) is 0. The van der Waals surface area contributed by atoms with Gasteiger partial charge in [-0.15, -0.1) is 0 Å². The lowest BCUT2D eigenvalue weighted by molar-refractivity contribution is 0.418. The highest BCUT2D eigenvalue weighted by Gasteiger charge is 2.05. The molecule has 0 N–H and O–H groups in total. The highest BCUT2D eigenvalue weighted by molar-refractivity contribution is 9.10. The third-order valence-electron chi connectivity index (χ3n) is 2.12. The van der Waals surface area contributed by atoms with Gasteiger partial charge in [-0.25, -0.2) is 0 Å². The van der Waals surface area contributed by atoms with E-state index in [1.165, 1.54) is 5.56 Å². The number of rotatable bonds is 1. The van der Waals surface area contributed by atoms with E-state index in [1.54, 1.807) is 13.3 Å². The van der Waals surface area contributed by atoms with Gasteiger partial charge in [-0.2, -0.15) is 0 Å². The van der Waals surface area contributed by atoms with E-state index >= 15 is 0 Å². The van der Waals surface area contributed by atoms with Crippen molar-refractivity contribution in [3.8, 4) is 5.75 Å². The Morgan fingerprint density at radius 3 is 2.86 bits per heavy atom. The summed E-state index contributed by atoms with van der Waals surface area (Å²) in [7, 11) is 1.66. The SMILES string of the molecule is COc1cc(C)cc2c(Br)ccnc12. The van der Waals surface area contributed by atoms with E-state index < -0.39 is 0 Å². The third kappa shape index (κ3) is 1.48. The summed E-state index contributed by atoms with van der Waals surface area (Å²) in [4.78, 5) is 4.30. The summed E-state index contributed by atoms with van der Waals surface area (Å²) in [6, 6.07) is 6.01. The number of hydrogen-bond acceptors (Lipinski definition) is 2. The third-order valence-corrected chi connectivity index (χ3v) is 2.81. The number of aryl methyl sites for hydroxylation is 1. The van der Waals surface area contributed by atoms with Crippen LogP contribution in [0, 0.1) is 6.92 Å². The number of ether oxygens (including phenoxy) is 1. The molecule has 0 fully saturated rings. The zero-order valence-electron chi connectivity index (χ0n) is 8.04. The maximum Gasteiger partial charge on any atom is 0.145 e. The van der Waals surface area contributed by atoms with Gasteiger partial charge in [0.1, 0.15) is 11.3 Å². The molecule has 72 valence electrons. The Bertz CT molecular complexity index is 482. The van der Waals surface area contributed by atoms with Gasteiger partial charge in [0.15, 0.2) is 0 Å². The molecule has 1 aromatic heterocycles. The average molecular weight is 252 g/mol. The molecule has 0 unspecified atom stereocenters. The lowest BCUT2D eigenvalue weighted by Crippen LogP contribution is -1.89. The topological polar surface area (TPSA) is 22.1 Å². The highest BCUT2D eigenvalue weighted by atomic mass is 79.9. The van der Waals surface area contributed by atoms with E-state index in [-0.39, 0.29) is 0 Å². The summed E-state index contributed by atoms with van der Waals surface area (Å²) in [6.07, 6.45) is 1.77. The highest BCUT2D eigenvalue weighted by Crippen LogP contribution is 2.30. The maximum absolute atomic E-state index is 5.28. The van der Waals surface area contributed by atoms with Crippen molar-refractivity contribution in [2.24, 2.45) is 0 Å². The zero-order chi connectivity index (χ0) is 10.1. The number of pyridine rings is 1. The molecule has 0 aliphatic rings. The van der Waals surface area contributed by atoms with E-state index in [4.69, 9.17) is 4.74 Å². The fraction of sp³-hybridized carbons (Fsp3) is 0.182. The molecule has 0 amide bonds. The van der Waals surface area contributed by atoms with Gasteiger partial charge in [-0.1, -0.05) is 15.9 Å². The van der Waals surface area contributed by atoms with Crippen molar-refractivity contribution in [1.82, 2.24) is 4.98 Å². The number of fused-ring (bicyclic) bond motifs is 1. The fourth-order valence-corrected chi connectivity index (χ4v) is 1.90. The largest absolute Gasteiger partial charge is 0.494 e. The van der Waals surface area contributed by atoms with E-state index in [9.17, 15) is 0 Å². The van der Waals surface area contributed by atoms with Gasteiger partial charge in [0, 0.05) is 16.1 Å². The number of methoxy groups -OCH3 is 1. The van der Waals surface area contributed by atoms with Gasteiger partial charge in [0.2, 0.25) is 0 Å². The van der Waals surface area contributed by atoms with Crippen molar-refractivity contribution in [1.29, 1.82) is 0 Å². The molecule has 2 nitrogen and oxygen atoms in total. The Morgan fingerprint density at radius 2 is 2.14 bits per heavy atom. The molecule has 0 aliphatic heterocycles. The van der Waals surface area contributed by atoms with E-state index in [0.29, 0.717) is 0 Å². The first-order valence-corrected chi connectivity index (χ1v) is 5.10. The molecule has 0 saturated heterocycles. The molecule has 2 aromatic rings. The second-order valence-corrected chi connectivity index (χ2v) is 4.01. The Kier molecular flexibility index (Phi) is 2.42. The van der Waals surface area contributed by atoms with Crippen LogP contribution in [0.5, 0.6) is 5.75 Å². The van der Waals surface area contributed by atoms with Gasteiger partial charge >= 0.3 is 0 Å².